The third kappa shape index (κ3) is 4.49. The van der Waals surface area contributed by atoms with E-state index in [4.69, 9.17) is 20.9 Å². The summed E-state index contributed by atoms with van der Waals surface area (Å²) in [5.74, 6) is 1.30. The van der Waals surface area contributed by atoms with Gasteiger partial charge < -0.3 is 14.2 Å². The summed E-state index contributed by atoms with van der Waals surface area (Å²) in [6.07, 6.45) is 4.00. The van der Waals surface area contributed by atoms with Crippen LogP contribution in [0.1, 0.15) is 36.8 Å². The van der Waals surface area contributed by atoms with Gasteiger partial charge in [-0.05, 0) is 68.0 Å². The van der Waals surface area contributed by atoms with Gasteiger partial charge in [-0.3, -0.25) is 4.79 Å². The van der Waals surface area contributed by atoms with E-state index in [1.807, 2.05) is 24.3 Å². The zero-order valence-electron chi connectivity index (χ0n) is 17.1. The number of carbonyl (C=O) groups is 1. The van der Waals surface area contributed by atoms with Crippen molar-refractivity contribution in [1.29, 1.82) is 0 Å². The first-order valence-electron chi connectivity index (χ1n) is 10.1. The van der Waals surface area contributed by atoms with E-state index in [-0.39, 0.29) is 12.5 Å². The normalized spacial score (nSPS) is 14.1. The van der Waals surface area contributed by atoms with Crippen molar-refractivity contribution in [1.82, 2.24) is 15.0 Å². The number of fused-ring (bicyclic) bond motifs is 1. The molecule has 7 heteroatoms. The molecule has 0 fully saturated rings. The maximum atomic E-state index is 12.8. The molecule has 4 rings (SSSR count). The lowest BCUT2D eigenvalue weighted by atomic mass is 9.92. The van der Waals surface area contributed by atoms with Gasteiger partial charge in [0.25, 0.3) is 5.91 Å². The largest absolute Gasteiger partial charge is 0.481 e. The van der Waals surface area contributed by atoms with Crippen molar-refractivity contribution >= 4 is 17.5 Å². The molecule has 30 heavy (non-hydrogen) atoms. The maximum Gasteiger partial charge on any atom is 0.263 e. The molecule has 156 valence electrons. The van der Waals surface area contributed by atoms with E-state index in [1.54, 1.807) is 20.0 Å². The van der Waals surface area contributed by atoms with Crippen molar-refractivity contribution in [2.45, 2.75) is 45.3 Å². The van der Waals surface area contributed by atoms with E-state index in [2.05, 4.69) is 22.3 Å². The summed E-state index contributed by atoms with van der Waals surface area (Å²) in [6.45, 7) is 1.94. The average molecular weight is 426 g/mol. The number of benzene rings is 2. The summed E-state index contributed by atoms with van der Waals surface area (Å²) in [6, 6.07) is 13.4. The monoisotopic (exact) mass is 425 g/mol. The van der Waals surface area contributed by atoms with E-state index in [0.29, 0.717) is 22.3 Å². The Morgan fingerprint density at radius 3 is 2.77 bits per heavy atom. The van der Waals surface area contributed by atoms with Gasteiger partial charge in [0, 0.05) is 12.6 Å². The van der Waals surface area contributed by atoms with Gasteiger partial charge in [0.05, 0.1) is 11.6 Å². The van der Waals surface area contributed by atoms with Crippen LogP contribution >= 0.6 is 11.6 Å². The van der Waals surface area contributed by atoms with Gasteiger partial charge in [0.15, 0.2) is 6.10 Å². The highest BCUT2D eigenvalue weighted by atomic mass is 35.5. The van der Waals surface area contributed by atoms with Crippen LogP contribution < -0.4 is 4.74 Å². The van der Waals surface area contributed by atoms with Crippen LogP contribution in [0.3, 0.4) is 0 Å². The molecular weight excluding hydrogens is 402 g/mol. The Labute approximate surface area is 180 Å². The van der Waals surface area contributed by atoms with Crippen LogP contribution in [-0.2, 0) is 24.2 Å². The number of nitrogens with zero attached hydrogens (tertiary/aromatic N) is 3. The molecule has 0 bridgehead atoms. The minimum absolute atomic E-state index is 0.162. The highest BCUT2D eigenvalue weighted by Crippen LogP contribution is 2.27. The number of amides is 1. The highest BCUT2D eigenvalue weighted by Gasteiger charge is 2.22. The molecule has 0 N–H and O–H groups in total. The minimum atomic E-state index is -0.623. The second kappa shape index (κ2) is 8.88. The lowest BCUT2D eigenvalue weighted by Crippen LogP contribution is -2.37. The predicted molar refractivity (Wildman–Crippen MR) is 114 cm³/mol. The number of hydrogen-bond donors (Lipinski definition) is 0. The molecule has 1 atom stereocenters. The Balaban J connectivity index is 1.38. The van der Waals surface area contributed by atoms with E-state index < -0.39 is 6.10 Å². The maximum absolute atomic E-state index is 12.8. The summed E-state index contributed by atoms with van der Waals surface area (Å²) in [5, 5.41) is 4.52. The second-order valence-electron chi connectivity index (χ2n) is 7.58. The fourth-order valence-electron chi connectivity index (χ4n) is 3.70. The number of ether oxygens (including phenoxy) is 1. The quantitative estimate of drug-likeness (QED) is 0.572. The van der Waals surface area contributed by atoms with Gasteiger partial charge in [-0.15, -0.1) is 0 Å². The van der Waals surface area contributed by atoms with E-state index >= 15 is 0 Å². The van der Waals surface area contributed by atoms with Crippen molar-refractivity contribution in [2.24, 2.45) is 0 Å². The predicted octanol–water partition coefficient (Wildman–Crippen LogP) is 4.69. The molecule has 1 aliphatic carbocycles. The molecule has 1 unspecified atom stereocenters. The molecule has 1 amide bonds. The molecule has 6 nitrogen and oxygen atoms in total. The zero-order valence-corrected chi connectivity index (χ0v) is 17.9. The number of likely N-dealkylation sites (N-methyl/N-ethyl adjacent to an activating group) is 1. The first-order chi connectivity index (χ1) is 14.5. The van der Waals surface area contributed by atoms with Gasteiger partial charge in [0.2, 0.25) is 11.7 Å². The molecule has 3 aromatic rings. The minimum Gasteiger partial charge on any atom is -0.481 e. The molecule has 0 saturated carbocycles. The lowest BCUT2D eigenvalue weighted by molar-refractivity contribution is -0.137. The highest BCUT2D eigenvalue weighted by molar-refractivity contribution is 6.33. The third-order valence-electron chi connectivity index (χ3n) is 5.31. The standard InChI is InChI=1S/C23H24ClN3O3/c1-15(29-18-12-11-16-7-3-4-8-17(16)13-18)23(28)27(2)14-21-25-22(26-30-21)19-9-5-6-10-20(19)24/h5-6,9-13,15H,3-4,7-8,14H2,1-2H3. The molecule has 1 aromatic heterocycles. The fraction of sp³-hybridized carbons (Fsp3) is 0.348. The number of halogens is 1. The number of hydrogen-bond acceptors (Lipinski definition) is 5. The van der Waals surface area contributed by atoms with Crippen molar-refractivity contribution < 1.29 is 14.1 Å². The summed E-state index contributed by atoms with van der Waals surface area (Å²) >= 11 is 6.18. The molecular formula is C23H24ClN3O3. The topological polar surface area (TPSA) is 68.5 Å². The number of carbonyl (C=O) groups excluding carboxylic acids is 1. The van der Waals surface area contributed by atoms with Crippen LogP contribution in [0.25, 0.3) is 11.4 Å². The average Bonchev–Trinajstić information content (AvgIpc) is 3.21. The summed E-state index contributed by atoms with van der Waals surface area (Å²) in [5.41, 5.74) is 3.40. The molecule has 2 aromatic carbocycles. The third-order valence-corrected chi connectivity index (χ3v) is 5.64. The molecule has 0 spiro atoms. The van der Waals surface area contributed by atoms with Crippen molar-refractivity contribution in [3.05, 3.63) is 64.5 Å². The Bertz CT molecular complexity index is 1050. The molecule has 0 radical (unpaired) electrons. The van der Waals surface area contributed by atoms with Crippen molar-refractivity contribution in [3.8, 4) is 17.1 Å². The van der Waals surface area contributed by atoms with Crippen LogP contribution in [0.2, 0.25) is 5.02 Å². The van der Waals surface area contributed by atoms with Crippen molar-refractivity contribution in [3.63, 3.8) is 0 Å². The van der Waals surface area contributed by atoms with Gasteiger partial charge >= 0.3 is 0 Å². The van der Waals surface area contributed by atoms with E-state index in [9.17, 15) is 4.79 Å². The number of aromatic nitrogens is 2. The Kier molecular flexibility index (Phi) is 6.04. The second-order valence-corrected chi connectivity index (χ2v) is 7.99. The van der Waals surface area contributed by atoms with Crippen LogP contribution in [0, 0.1) is 0 Å². The summed E-state index contributed by atoms with van der Waals surface area (Å²) < 4.78 is 11.2. The first-order valence-corrected chi connectivity index (χ1v) is 10.5. The van der Waals surface area contributed by atoms with Gasteiger partial charge in [-0.2, -0.15) is 4.98 Å². The summed E-state index contributed by atoms with van der Waals surface area (Å²) in [4.78, 5) is 18.6. The van der Waals surface area contributed by atoms with E-state index in [0.717, 1.165) is 18.6 Å². The van der Waals surface area contributed by atoms with Crippen LogP contribution in [0.4, 0.5) is 0 Å². The Morgan fingerprint density at radius 2 is 1.97 bits per heavy atom. The number of aryl methyl sites for hydroxylation is 2. The molecule has 1 heterocycles. The van der Waals surface area contributed by atoms with Gasteiger partial charge in [-0.25, -0.2) is 0 Å². The SMILES string of the molecule is CC(Oc1ccc2c(c1)CCCC2)C(=O)N(C)Cc1nc(-c2ccccc2Cl)no1. The lowest BCUT2D eigenvalue weighted by Gasteiger charge is -2.22. The first kappa shape index (κ1) is 20.4. The van der Waals surface area contributed by atoms with Crippen molar-refractivity contribution in [2.75, 3.05) is 7.05 Å². The molecule has 0 aliphatic heterocycles. The van der Waals surface area contributed by atoms with Gasteiger partial charge in [-0.1, -0.05) is 35.0 Å². The Hall–Kier alpha value is -2.86. The Morgan fingerprint density at radius 1 is 1.20 bits per heavy atom. The van der Waals surface area contributed by atoms with Crippen LogP contribution in [-0.4, -0.2) is 34.1 Å². The molecule has 0 saturated heterocycles. The zero-order chi connectivity index (χ0) is 21.1. The van der Waals surface area contributed by atoms with E-state index in [1.165, 1.54) is 28.9 Å². The van der Waals surface area contributed by atoms with Crippen LogP contribution in [0.5, 0.6) is 5.75 Å². The number of rotatable bonds is 6. The van der Waals surface area contributed by atoms with Gasteiger partial charge in [0.1, 0.15) is 5.75 Å². The molecule has 1 aliphatic rings. The smallest absolute Gasteiger partial charge is 0.263 e. The summed E-state index contributed by atoms with van der Waals surface area (Å²) in [7, 11) is 1.69. The van der Waals surface area contributed by atoms with Crippen LogP contribution in [0.15, 0.2) is 47.0 Å². The fourth-order valence-corrected chi connectivity index (χ4v) is 3.92.